The van der Waals surface area contributed by atoms with Crippen LogP contribution in [0.15, 0.2) is 78.0 Å². The largest absolute Gasteiger partial charge is 0.497 e. The minimum absolute atomic E-state index is 0.108. The van der Waals surface area contributed by atoms with Crippen LogP contribution < -0.4 is 18.5 Å². The third-order valence-electron chi connectivity index (χ3n) is 8.27. The number of carbonyl (C=O) groups is 1. The number of hydrogen-bond donors (Lipinski definition) is 0. The van der Waals surface area contributed by atoms with Gasteiger partial charge in [-0.25, -0.2) is 36.3 Å². The summed E-state index contributed by atoms with van der Waals surface area (Å²) in [5.41, 5.74) is 0.627. The molecule has 2 atom stereocenters. The molecule has 2 heterocycles. The molecule has 11 nitrogen and oxygen atoms in total. The Morgan fingerprint density at radius 3 is 2.33 bits per heavy atom. The maximum atomic E-state index is 15.8. The molecule has 272 valence electrons. The number of methoxy groups -OCH3 is 2. The van der Waals surface area contributed by atoms with Gasteiger partial charge in [0.2, 0.25) is 5.95 Å². The Morgan fingerprint density at radius 2 is 1.69 bits per heavy atom. The maximum absolute atomic E-state index is 15.8. The van der Waals surface area contributed by atoms with Crippen molar-refractivity contribution in [3.8, 4) is 17.2 Å². The summed E-state index contributed by atoms with van der Waals surface area (Å²) in [5.74, 6) is -2.81. The number of ether oxygens (including phenoxy) is 4. The second-order valence-corrected chi connectivity index (χ2v) is 15.2. The monoisotopic (exact) mass is 744 g/mol. The first kappa shape index (κ1) is 37.6. The summed E-state index contributed by atoms with van der Waals surface area (Å²) in [6.45, 7) is 5.47. The molecule has 1 amide bonds. The predicted octanol–water partition coefficient (Wildman–Crippen LogP) is 7.24. The van der Waals surface area contributed by atoms with Crippen LogP contribution >= 0.6 is 11.6 Å². The zero-order valence-electron chi connectivity index (χ0n) is 28.8. The second kappa shape index (κ2) is 15.7. The van der Waals surface area contributed by atoms with Crippen molar-refractivity contribution in [1.29, 1.82) is 0 Å². The molecule has 51 heavy (non-hydrogen) atoms. The molecule has 3 aromatic carbocycles. The molecule has 5 rings (SSSR count). The number of benzene rings is 3. The first-order valence-corrected chi connectivity index (χ1v) is 17.9. The maximum Gasteiger partial charge on any atom is 0.410 e. The van der Waals surface area contributed by atoms with Gasteiger partial charge >= 0.3 is 6.09 Å². The lowest BCUT2D eigenvalue weighted by molar-refractivity contribution is 0.0110. The Bertz CT molecular complexity index is 1950. The number of hydrogen-bond acceptors (Lipinski definition) is 9. The molecular formula is C36H39ClF2N4O7S. The van der Waals surface area contributed by atoms with Crippen LogP contribution in [-0.2, 0) is 21.3 Å². The normalized spacial score (nSPS) is 16.4. The van der Waals surface area contributed by atoms with Crippen molar-refractivity contribution in [3.05, 3.63) is 101 Å². The van der Waals surface area contributed by atoms with Crippen LogP contribution in [0.2, 0.25) is 5.02 Å². The van der Waals surface area contributed by atoms with Gasteiger partial charge < -0.3 is 23.8 Å². The smallest absolute Gasteiger partial charge is 0.410 e. The summed E-state index contributed by atoms with van der Waals surface area (Å²) in [4.78, 5) is 21.7. The Balaban J connectivity index is 1.42. The quantitative estimate of drug-likeness (QED) is 0.157. The highest BCUT2D eigenvalue weighted by Crippen LogP contribution is 2.36. The molecule has 1 aliphatic heterocycles. The summed E-state index contributed by atoms with van der Waals surface area (Å²) in [7, 11) is -1.92. The summed E-state index contributed by atoms with van der Waals surface area (Å²) in [5, 5.41) is 0.561. The van der Waals surface area contributed by atoms with Crippen LogP contribution in [0.1, 0.15) is 44.2 Å². The minimum atomic E-state index is -4.80. The van der Waals surface area contributed by atoms with Crippen LogP contribution in [0.5, 0.6) is 17.2 Å². The van der Waals surface area contributed by atoms with Gasteiger partial charge in [-0.2, -0.15) is 0 Å². The van der Waals surface area contributed by atoms with E-state index in [0.29, 0.717) is 47.2 Å². The van der Waals surface area contributed by atoms with Crippen molar-refractivity contribution >= 4 is 33.7 Å². The van der Waals surface area contributed by atoms with Gasteiger partial charge in [-0.1, -0.05) is 23.7 Å². The van der Waals surface area contributed by atoms with Gasteiger partial charge in [0.05, 0.1) is 27.4 Å². The van der Waals surface area contributed by atoms with Crippen molar-refractivity contribution in [2.45, 2.75) is 50.2 Å². The van der Waals surface area contributed by atoms with Crippen molar-refractivity contribution in [3.63, 3.8) is 0 Å². The number of carbonyl (C=O) groups excluding carboxylic acids is 1. The molecule has 0 spiro atoms. The lowest BCUT2D eigenvalue weighted by Crippen LogP contribution is -2.46. The van der Waals surface area contributed by atoms with Gasteiger partial charge in [-0.3, -0.25) is 0 Å². The zero-order chi connectivity index (χ0) is 36.9. The van der Waals surface area contributed by atoms with E-state index >= 15 is 8.78 Å². The van der Waals surface area contributed by atoms with Crippen molar-refractivity contribution in [1.82, 2.24) is 14.9 Å². The highest BCUT2D eigenvalue weighted by Gasteiger charge is 2.36. The molecule has 15 heteroatoms. The van der Waals surface area contributed by atoms with Gasteiger partial charge in [0.15, 0.2) is 11.6 Å². The Kier molecular flexibility index (Phi) is 11.6. The van der Waals surface area contributed by atoms with Crippen molar-refractivity contribution in [2.24, 2.45) is 5.92 Å². The van der Waals surface area contributed by atoms with Gasteiger partial charge in [-0.15, -0.1) is 0 Å². The van der Waals surface area contributed by atoms with E-state index in [4.69, 9.17) is 30.5 Å². The molecule has 1 saturated heterocycles. The lowest BCUT2D eigenvalue weighted by atomic mass is 9.81. The highest BCUT2D eigenvalue weighted by molar-refractivity contribution is 7.92. The van der Waals surface area contributed by atoms with E-state index in [1.807, 2.05) is 12.1 Å². The molecule has 0 N–H and O–H groups in total. The summed E-state index contributed by atoms with van der Waals surface area (Å²) in [6, 6.07) is 14.8. The SMILES string of the molecule is COc1ccc(CN(c2ncccn2)S(=O)(=O)c2cc(F)c(OC[C@H]3CN(C(=O)OC(C)(C)C)CC[C@@H]3c3ccc(Cl)cc3)cc2F)c(OC)c1. The topological polar surface area (TPSA) is 120 Å². The second-order valence-electron chi connectivity index (χ2n) is 12.9. The molecule has 0 aliphatic carbocycles. The van der Waals surface area contributed by atoms with Crippen LogP contribution in [0, 0.1) is 17.6 Å². The Hall–Kier alpha value is -4.69. The first-order valence-electron chi connectivity index (χ1n) is 16.1. The number of amides is 1. The molecule has 1 aliphatic rings. The van der Waals surface area contributed by atoms with Crippen LogP contribution in [0.25, 0.3) is 0 Å². The zero-order valence-corrected chi connectivity index (χ0v) is 30.4. The predicted molar refractivity (Wildman–Crippen MR) is 187 cm³/mol. The molecule has 0 radical (unpaired) electrons. The number of aromatic nitrogens is 2. The van der Waals surface area contributed by atoms with E-state index in [9.17, 15) is 13.2 Å². The van der Waals surface area contributed by atoms with E-state index in [-0.39, 0.29) is 37.5 Å². The number of likely N-dealkylation sites (tertiary alicyclic amines) is 1. The summed E-state index contributed by atoms with van der Waals surface area (Å²) in [6.07, 6.45) is 2.72. The fraction of sp³-hybridized carbons (Fsp3) is 0.361. The molecule has 1 fully saturated rings. The molecule has 4 aromatic rings. The molecule has 0 saturated carbocycles. The van der Waals surface area contributed by atoms with E-state index in [0.717, 1.165) is 9.87 Å². The fourth-order valence-corrected chi connectivity index (χ4v) is 7.34. The minimum Gasteiger partial charge on any atom is -0.497 e. The number of anilines is 1. The molecule has 0 unspecified atom stereocenters. The first-order chi connectivity index (χ1) is 24.2. The standard InChI is InChI=1S/C36H39ClF2N4O7S/c1-36(2,3)50-35(44)42-16-13-28(23-7-10-26(37)11-8-23)25(20-42)22-49-32-18-30(39)33(19-29(32)38)51(45,46)43(34-40-14-6-15-41-34)21-24-9-12-27(47-4)17-31(24)48-5/h6-12,14-15,17-19,25,28H,13,16,20-22H2,1-5H3/t25-,28-/m1/s1. The number of piperidine rings is 1. The average molecular weight is 745 g/mol. The molecular weight excluding hydrogens is 706 g/mol. The summed E-state index contributed by atoms with van der Waals surface area (Å²) >= 11 is 6.12. The van der Waals surface area contributed by atoms with Gasteiger partial charge in [0, 0.05) is 60.2 Å². The number of rotatable bonds is 11. The lowest BCUT2D eigenvalue weighted by Gasteiger charge is -2.39. The third kappa shape index (κ3) is 8.98. The highest BCUT2D eigenvalue weighted by atomic mass is 35.5. The molecule has 1 aromatic heterocycles. The van der Waals surface area contributed by atoms with Gasteiger partial charge in [0.25, 0.3) is 10.0 Å². The van der Waals surface area contributed by atoms with E-state index in [2.05, 4.69) is 9.97 Å². The number of nitrogens with zero attached hydrogens (tertiary/aromatic N) is 4. The van der Waals surface area contributed by atoms with Crippen LogP contribution in [0.3, 0.4) is 0 Å². The van der Waals surface area contributed by atoms with Gasteiger partial charge in [0.1, 0.15) is 27.8 Å². The summed E-state index contributed by atoms with van der Waals surface area (Å²) < 4.78 is 82.5. The van der Waals surface area contributed by atoms with Crippen LogP contribution in [-0.4, -0.2) is 68.9 Å². The van der Waals surface area contributed by atoms with E-state index < -0.39 is 44.0 Å². The fourth-order valence-electron chi connectivity index (χ4n) is 5.80. The van der Waals surface area contributed by atoms with Gasteiger partial charge in [-0.05, 0) is 69.0 Å². The molecule has 0 bridgehead atoms. The van der Waals surface area contributed by atoms with E-state index in [1.165, 1.54) is 32.7 Å². The van der Waals surface area contributed by atoms with Crippen LogP contribution in [0.4, 0.5) is 19.5 Å². The third-order valence-corrected chi connectivity index (χ3v) is 10.3. The number of sulfonamides is 1. The number of halogens is 3. The Labute approximate surface area is 301 Å². The van der Waals surface area contributed by atoms with Crippen molar-refractivity contribution in [2.75, 3.05) is 38.2 Å². The average Bonchev–Trinajstić information content (AvgIpc) is 3.10. The van der Waals surface area contributed by atoms with E-state index in [1.54, 1.807) is 56.0 Å². The Morgan fingerprint density at radius 1 is 0.980 bits per heavy atom. The van der Waals surface area contributed by atoms with Crippen molar-refractivity contribution < 1.29 is 40.9 Å².